The fourth-order valence-corrected chi connectivity index (χ4v) is 7.79. The highest BCUT2D eigenvalue weighted by Gasteiger charge is 2.56. The molecule has 3 saturated carbocycles. The van der Waals surface area contributed by atoms with Crippen molar-refractivity contribution in [2.75, 3.05) is 7.11 Å². The molecule has 0 aromatic carbocycles. The van der Waals surface area contributed by atoms with Crippen molar-refractivity contribution in [1.29, 1.82) is 0 Å². The van der Waals surface area contributed by atoms with Gasteiger partial charge in [0.25, 0.3) is 0 Å². The van der Waals surface area contributed by atoms with Crippen LogP contribution in [0.1, 0.15) is 91.4 Å². The molecule has 0 saturated heterocycles. The molecule has 4 N–H and O–H groups in total. The van der Waals surface area contributed by atoms with Crippen molar-refractivity contribution in [3.8, 4) is 0 Å². The van der Waals surface area contributed by atoms with Crippen LogP contribution in [0.5, 0.6) is 0 Å². The number of carbonyl (C=O) groups excluding carboxylic acids is 1. The van der Waals surface area contributed by atoms with Gasteiger partial charge in [0.2, 0.25) is 0 Å². The largest absolute Gasteiger partial charge is 0.469 e. The molecule has 0 heterocycles. The number of rotatable bonds is 8. The number of carbonyl (C=O) groups is 1. The number of aliphatic hydroxyl groups is 2. The highest BCUT2D eigenvalue weighted by Crippen LogP contribution is 2.60. The Morgan fingerprint density at radius 1 is 1.16 bits per heavy atom. The van der Waals surface area contributed by atoms with E-state index in [2.05, 4.69) is 20.8 Å². The number of esters is 1. The van der Waals surface area contributed by atoms with E-state index in [1.807, 2.05) is 0 Å². The lowest BCUT2D eigenvalue weighted by atomic mass is 9.46. The first-order chi connectivity index (χ1) is 14.7. The van der Waals surface area contributed by atoms with Crippen molar-refractivity contribution in [1.82, 2.24) is 0 Å². The summed E-state index contributed by atoms with van der Waals surface area (Å²) in [7, 11) is 1.46. The third-order valence-electron chi connectivity index (χ3n) is 9.78. The number of nitrogens with two attached hydrogens (primary N) is 1. The van der Waals surface area contributed by atoms with Crippen molar-refractivity contribution in [2.24, 2.45) is 46.7 Å². The molecule has 3 aliphatic carbocycles. The Labute approximate surface area is 189 Å². The van der Waals surface area contributed by atoms with E-state index in [0.717, 1.165) is 64.2 Å². The molecule has 3 fully saturated rings. The fourth-order valence-electron chi connectivity index (χ4n) is 7.79. The number of aliphatic hydroxyl groups excluding tert-OH is 2. The smallest absolute Gasteiger partial charge is 0.305 e. The van der Waals surface area contributed by atoms with Gasteiger partial charge >= 0.3 is 5.97 Å². The molecule has 5 nitrogen and oxygen atoms in total. The van der Waals surface area contributed by atoms with Crippen LogP contribution < -0.4 is 5.73 Å². The molecule has 0 aromatic rings. The minimum Gasteiger partial charge on any atom is -0.469 e. The first kappa shape index (κ1) is 25.0. The van der Waals surface area contributed by atoms with Crippen LogP contribution in [0.3, 0.4) is 0 Å². The molecule has 3 rings (SSSR count). The van der Waals surface area contributed by atoms with Gasteiger partial charge in [0.05, 0.1) is 19.3 Å². The van der Waals surface area contributed by atoms with Crippen molar-refractivity contribution in [3.05, 3.63) is 0 Å². The molecule has 5 heteroatoms. The van der Waals surface area contributed by atoms with Crippen LogP contribution >= 0.6 is 0 Å². The zero-order valence-electron chi connectivity index (χ0n) is 20.3. The first-order valence-electron chi connectivity index (χ1n) is 12.9. The van der Waals surface area contributed by atoms with Crippen molar-refractivity contribution >= 4 is 5.97 Å². The average molecular weight is 438 g/mol. The molecule has 0 bridgehead atoms. The summed E-state index contributed by atoms with van der Waals surface area (Å²) >= 11 is 0. The predicted octanol–water partition coefficient (Wildman–Crippen LogP) is 4.28. The summed E-state index contributed by atoms with van der Waals surface area (Å²) in [6.07, 6.45) is 9.98. The predicted molar refractivity (Wildman–Crippen MR) is 123 cm³/mol. The fraction of sp³-hybridized carbons (Fsp3) is 0.962. The van der Waals surface area contributed by atoms with Crippen LogP contribution in [-0.2, 0) is 9.53 Å². The summed E-state index contributed by atoms with van der Waals surface area (Å²) in [6, 6.07) is 0.183. The van der Waals surface area contributed by atoms with Gasteiger partial charge in [0.1, 0.15) is 0 Å². The zero-order chi connectivity index (χ0) is 22.8. The molecule has 3 aliphatic rings. The van der Waals surface area contributed by atoms with Crippen LogP contribution in [0.15, 0.2) is 0 Å². The van der Waals surface area contributed by atoms with E-state index in [-0.39, 0.29) is 29.6 Å². The lowest BCUT2D eigenvalue weighted by Gasteiger charge is -2.60. The van der Waals surface area contributed by atoms with Crippen LogP contribution in [0.2, 0.25) is 0 Å². The Bertz CT molecular complexity index is 598. The van der Waals surface area contributed by atoms with Crippen molar-refractivity contribution < 1.29 is 19.7 Å². The van der Waals surface area contributed by atoms with Crippen molar-refractivity contribution in [3.63, 3.8) is 0 Å². The van der Waals surface area contributed by atoms with Gasteiger partial charge in [-0.2, -0.15) is 0 Å². The molecule has 0 spiro atoms. The number of ether oxygens (including phenoxy) is 1. The Morgan fingerprint density at radius 2 is 1.90 bits per heavy atom. The number of fused-ring (bicyclic) bond motifs is 3. The summed E-state index contributed by atoms with van der Waals surface area (Å²) in [5, 5.41) is 21.1. The van der Waals surface area contributed by atoms with Gasteiger partial charge in [-0.15, -0.1) is 0 Å². The lowest BCUT2D eigenvalue weighted by Crippen LogP contribution is -2.59. The van der Waals surface area contributed by atoms with Gasteiger partial charge < -0.3 is 20.7 Å². The van der Waals surface area contributed by atoms with Gasteiger partial charge in [-0.05, 0) is 98.7 Å². The van der Waals surface area contributed by atoms with Gasteiger partial charge in [0, 0.05) is 12.5 Å². The second-order valence-corrected chi connectivity index (χ2v) is 11.4. The minimum absolute atomic E-state index is 0.117. The highest BCUT2D eigenvalue weighted by atomic mass is 16.5. The minimum atomic E-state index is -0.224. The van der Waals surface area contributed by atoms with E-state index in [1.165, 1.54) is 7.11 Å². The summed E-state index contributed by atoms with van der Waals surface area (Å²) in [5.74, 6) is 2.90. The maximum Gasteiger partial charge on any atom is 0.305 e. The molecular formula is C26H47NO4. The molecule has 3 unspecified atom stereocenters. The molecule has 0 aromatic heterocycles. The number of methoxy groups -OCH3 is 1. The maximum atomic E-state index is 11.5. The summed E-state index contributed by atoms with van der Waals surface area (Å²) in [4.78, 5) is 11.5. The van der Waals surface area contributed by atoms with E-state index in [9.17, 15) is 15.0 Å². The third-order valence-corrected chi connectivity index (χ3v) is 9.78. The first-order valence-corrected chi connectivity index (χ1v) is 12.9. The monoisotopic (exact) mass is 437 g/mol. The Kier molecular flexibility index (Phi) is 8.48. The average Bonchev–Trinajstić information content (AvgIpc) is 2.73. The van der Waals surface area contributed by atoms with Crippen LogP contribution in [0.4, 0.5) is 0 Å². The molecule has 0 amide bonds. The Morgan fingerprint density at radius 3 is 2.58 bits per heavy atom. The molecule has 0 radical (unpaired) electrons. The topological polar surface area (TPSA) is 92.8 Å². The van der Waals surface area contributed by atoms with Crippen LogP contribution in [0, 0.1) is 40.9 Å². The normalized spacial score (nSPS) is 42.2. The second kappa shape index (κ2) is 10.5. The van der Waals surface area contributed by atoms with Gasteiger partial charge in [0.15, 0.2) is 0 Å². The lowest BCUT2D eigenvalue weighted by molar-refractivity contribution is -0.141. The number of hydrogen-bond acceptors (Lipinski definition) is 5. The van der Waals surface area contributed by atoms with E-state index < -0.39 is 0 Å². The standard InChI is InChI=1S/C26H47NO4/c1-5-17(16(2)6-9-24(30)31-4)7-8-18-12-21(29)15-22-25(18)23(27)14-19-13-20(28)10-11-26(19,22)3/h16-23,25,28-29H,5-15,27H2,1-4H3/t16-,17-,18-,19?,20-,21-,22+,23-,25?,26?/m1/s1. The SMILES string of the molecule is CC[C@H](CC[C@@H]1C[C@@H](O)C[C@H]2C1[C@H](N)CC1C[C@H](O)CCC12C)[C@H](C)CCC(=O)OC. The maximum absolute atomic E-state index is 11.5. The van der Waals surface area contributed by atoms with Gasteiger partial charge in [-0.25, -0.2) is 0 Å². The van der Waals surface area contributed by atoms with E-state index in [0.29, 0.717) is 41.9 Å². The third kappa shape index (κ3) is 5.47. The Hall–Kier alpha value is -0.650. The number of hydrogen-bond donors (Lipinski definition) is 3. The molecule has 180 valence electrons. The zero-order valence-corrected chi connectivity index (χ0v) is 20.3. The summed E-state index contributed by atoms with van der Waals surface area (Å²) in [6.45, 7) is 6.94. The van der Waals surface area contributed by atoms with E-state index in [1.54, 1.807) is 0 Å². The quantitative estimate of drug-likeness (QED) is 0.493. The van der Waals surface area contributed by atoms with Crippen LogP contribution in [-0.4, -0.2) is 41.5 Å². The molecule has 31 heavy (non-hydrogen) atoms. The van der Waals surface area contributed by atoms with Gasteiger partial charge in [-0.3, -0.25) is 4.79 Å². The highest BCUT2D eigenvalue weighted by molar-refractivity contribution is 5.69. The molecule has 10 atom stereocenters. The van der Waals surface area contributed by atoms with E-state index >= 15 is 0 Å². The summed E-state index contributed by atoms with van der Waals surface area (Å²) < 4.78 is 4.82. The second-order valence-electron chi connectivity index (χ2n) is 11.4. The van der Waals surface area contributed by atoms with E-state index in [4.69, 9.17) is 10.5 Å². The van der Waals surface area contributed by atoms with Crippen LogP contribution in [0.25, 0.3) is 0 Å². The summed E-state index contributed by atoms with van der Waals surface area (Å²) in [5.41, 5.74) is 7.02. The molecule has 0 aliphatic heterocycles. The van der Waals surface area contributed by atoms with Gasteiger partial charge in [-0.1, -0.05) is 27.2 Å². The van der Waals surface area contributed by atoms with Crippen molar-refractivity contribution in [2.45, 2.75) is 110 Å². The molecular weight excluding hydrogens is 390 g/mol. The Balaban J connectivity index is 1.66.